The van der Waals surface area contributed by atoms with Gasteiger partial charge in [-0.15, -0.1) is 0 Å². The van der Waals surface area contributed by atoms with Crippen LogP contribution in [0.5, 0.6) is 0 Å². The summed E-state index contributed by atoms with van der Waals surface area (Å²) in [5, 5.41) is 3.05. The standard InChI is InChI=1S/C19H24N4O5/c1-12-15(16-18(28-12)21-11-23(19(16)25)7-9-26-4)17(24)20-10-13(22(2)3)14-6-5-8-27-14/h5-6,8,11,13H,7,9-10H2,1-4H3,(H,20,24). The number of hydrogen-bond acceptors (Lipinski definition) is 7. The van der Waals surface area contributed by atoms with Crippen molar-refractivity contribution in [1.29, 1.82) is 0 Å². The number of rotatable bonds is 8. The van der Waals surface area contributed by atoms with Gasteiger partial charge in [0.05, 0.1) is 31.0 Å². The molecule has 0 saturated carbocycles. The summed E-state index contributed by atoms with van der Waals surface area (Å²) in [6.07, 6.45) is 2.99. The van der Waals surface area contributed by atoms with Crippen LogP contribution < -0.4 is 10.9 Å². The summed E-state index contributed by atoms with van der Waals surface area (Å²) in [6.45, 7) is 2.65. The minimum absolute atomic E-state index is 0.145. The Kier molecular flexibility index (Phi) is 5.96. The molecule has 0 radical (unpaired) electrons. The van der Waals surface area contributed by atoms with Crippen LogP contribution in [-0.4, -0.2) is 54.7 Å². The first-order valence-corrected chi connectivity index (χ1v) is 8.89. The van der Waals surface area contributed by atoms with Gasteiger partial charge in [-0.3, -0.25) is 19.1 Å². The second-order valence-electron chi connectivity index (χ2n) is 6.65. The van der Waals surface area contributed by atoms with Crippen molar-refractivity contribution in [2.45, 2.75) is 19.5 Å². The predicted molar refractivity (Wildman–Crippen MR) is 102 cm³/mol. The summed E-state index contributed by atoms with van der Waals surface area (Å²) in [5.41, 5.74) is 0.0203. The van der Waals surface area contributed by atoms with E-state index in [0.29, 0.717) is 25.5 Å². The molecule has 9 heteroatoms. The lowest BCUT2D eigenvalue weighted by Crippen LogP contribution is -2.35. The second kappa shape index (κ2) is 8.41. The zero-order valence-corrected chi connectivity index (χ0v) is 16.4. The van der Waals surface area contributed by atoms with Crippen LogP contribution in [0.3, 0.4) is 0 Å². The molecule has 28 heavy (non-hydrogen) atoms. The highest BCUT2D eigenvalue weighted by Crippen LogP contribution is 2.22. The molecule has 3 rings (SSSR count). The lowest BCUT2D eigenvalue weighted by Gasteiger charge is -2.22. The number of aryl methyl sites for hydroxylation is 1. The number of amides is 1. The Hall–Kier alpha value is -2.91. The molecule has 150 valence electrons. The van der Waals surface area contributed by atoms with Crippen molar-refractivity contribution in [2.75, 3.05) is 34.4 Å². The van der Waals surface area contributed by atoms with E-state index in [1.807, 2.05) is 25.1 Å². The van der Waals surface area contributed by atoms with Crippen molar-refractivity contribution in [2.24, 2.45) is 0 Å². The molecule has 1 amide bonds. The number of fused-ring (bicyclic) bond motifs is 1. The zero-order chi connectivity index (χ0) is 20.3. The number of hydrogen-bond donors (Lipinski definition) is 1. The van der Waals surface area contributed by atoms with Crippen LogP contribution in [0.25, 0.3) is 11.1 Å². The van der Waals surface area contributed by atoms with Gasteiger partial charge in [0.15, 0.2) is 0 Å². The quantitative estimate of drug-likeness (QED) is 0.625. The molecular weight excluding hydrogens is 364 g/mol. The smallest absolute Gasteiger partial charge is 0.265 e. The third kappa shape index (κ3) is 3.85. The number of aromatic nitrogens is 2. The van der Waals surface area contributed by atoms with Gasteiger partial charge in [-0.1, -0.05) is 0 Å². The lowest BCUT2D eigenvalue weighted by atomic mass is 10.1. The van der Waals surface area contributed by atoms with E-state index in [1.165, 1.54) is 10.9 Å². The molecule has 0 aliphatic carbocycles. The van der Waals surface area contributed by atoms with E-state index < -0.39 is 5.91 Å². The molecule has 1 unspecified atom stereocenters. The average Bonchev–Trinajstić information content (AvgIpc) is 3.28. The van der Waals surface area contributed by atoms with Crippen LogP contribution in [0.1, 0.15) is 27.9 Å². The number of carbonyl (C=O) groups is 1. The van der Waals surface area contributed by atoms with Gasteiger partial charge in [-0.05, 0) is 33.2 Å². The highest BCUT2D eigenvalue weighted by molar-refractivity contribution is 6.06. The first-order chi connectivity index (χ1) is 13.4. The van der Waals surface area contributed by atoms with Crippen LogP contribution in [-0.2, 0) is 11.3 Å². The normalized spacial score (nSPS) is 12.6. The second-order valence-corrected chi connectivity index (χ2v) is 6.65. The summed E-state index contributed by atoms with van der Waals surface area (Å²) in [7, 11) is 5.35. The van der Waals surface area contributed by atoms with Crippen molar-refractivity contribution in [3.05, 3.63) is 52.2 Å². The summed E-state index contributed by atoms with van der Waals surface area (Å²) >= 11 is 0. The third-order valence-corrected chi connectivity index (χ3v) is 4.57. The van der Waals surface area contributed by atoms with Crippen molar-refractivity contribution >= 4 is 17.0 Å². The van der Waals surface area contributed by atoms with Crippen LogP contribution in [0, 0.1) is 6.92 Å². The topological polar surface area (TPSA) is 103 Å². The molecule has 3 aromatic heterocycles. The maximum absolute atomic E-state index is 12.9. The Balaban J connectivity index is 1.88. The van der Waals surface area contributed by atoms with Gasteiger partial charge >= 0.3 is 0 Å². The van der Waals surface area contributed by atoms with E-state index in [9.17, 15) is 9.59 Å². The van der Waals surface area contributed by atoms with E-state index >= 15 is 0 Å². The van der Waals surface area contributed by atoms with Gasteiger partial charge in [0.25, 0.3) is 11.5 Å². The monoisotopic (exact) mass is 388 g/mol. The molecule has 0 bridgehead atoms. The number of carbonyl (C=O) groups excluding carboxylic acids is 1. The van der Waals surface area contributed by atoms with Gasteiger partial charge < -0.3 is 18.9 Å². The number of nitrogens with zero attached hydrogens (tertiary/aromatic N) is 3. The maximum atomic E-state index is 12.9. The van der Waals surface area contributed by atoms with Crippen LogP contribution in [0.15, 0.2) is 38.4 Å². The van der Waals surface area contributed by atoms with E-state index in [-0.39, 0.29) is 28.3 Å². The van der Waals surface area contributed by atoms with Crippen molar-refractivity contribution in [3.8, 4) is 0 Å². The Labute approximate surface area is 161 Å². The summed E-state index contributed by atoms with van der Waals surface area (Å²) in [4.78, 5) is 31.8. The fraction of sp³-hybridized carbons (Fsp3) is 0.421. The van der Waals surface area contributed by atoms with E-state index in [1.54, 1.807) is 26.4 Å². The Bertz CT molecular complexity index is 1000. The molecule has 0 aliphatic rings. The highest BCUT2D eigenvalue weighted by Gasteiger charge is 2.24. The largest absolute Gasteiger partial charge is 0.468 e. The molecule has 0 aromatic carbocycles. The lowest BCUT2D eigenvalue weighted by molar-refractivity contribution is 0.0939. The van der Waals surface area contributed by atoms with Crippen LogP contribution >= 0.6 is 0 Å². The molecular formula is C19H24N4O5. The molecule has 0 saturated heterocycles. The number of furan rings is 2. The number of likely N-dealkylation sites (N-methyl/N-ethyl adjacent to an activating group) is 1. The molecule has 3 heterocycles. The van der Waals surface area contributed by atoms with Crippen molar-refractivity contribution in [1.82, 2.24) is 19.8 Å². The highest BCUT2D eigenvalue weighted by atomic mass is 16.5. The van der Waals surface area contributed by atoms with Gasteiger partial charge in [0, 0.05) is 13.7 Å². The Morgan fingerprint density at radius 1 is 1.43 bits per heavy atom. The van der Waals surface area contributed by atoms with Gasteiger partial charge in [0.1, 0.15) is 23.2 Å². The van der Waals surface area contributed by atoms with E-state index in [0.717, 1.165) is 5.76 Å². The number of ether oxygens (including phenoxy) is 1. The summed E-state index contributed by atoms with van der Waals surface area (Å²) < 4.78 is 17.4. The maximum Gasteiger partial charge on any atom is 0.265 e. The van der Waals surface area contributed by atoms with Gasteiger partial charge in [0.2, 0.25) is 5.71 Å². The Morgan fingerprint density at radius 3 is 2.86 bits per heavy atom. The summed E-state index contributed by atoms with van der Waals surface area (Å²) in [6, 6.07) is 3.51. The molecule has 1 atom stereocenters. The van der Waals surface area contributed by atoms with Gasteiger partial charge in [-0.25, -0.2) is 4.98 Å². The number of methoxy groups -OCH3 is 1. The zero-order valence-electron chi connectivity index (χ0n) is 16.4. The average molecular weight is 388 g/mol. The van der Waals surface area contributed by atoms with Crippen molar-refractivity contribution < 1.29 is 18.4 Å². The van der Waals surface area contributed by atoms with Gasteiger partial charge in [-0.2, -0.15) is 0 Å². The Morgan fingerprint density at radius 2 is 2.21 bits per heavy atom. The molecule has 0 fully saturated rings. The minimum atomic E-state index is -0.391. The molecule has 0 spiro atoms. The van der Waals surface area contributed by atoms with E-state index in [4.69, 9.17) is 13.6 Å². The van der Waals surface area contributed by atoms with Crippen LogP contribution in [0.2, 0.25) is 0 Å². The first kappa shape index (κ1) is 19.8. The first-order valence-electron chi connectivity index (χ1n) is 8.89. The SMILES string of the molecule is COCCn1cnc2oc(C)c(C(=O)NCC(c3ccco3)N(C)C)c2c1=O. The minimum Gasteiger partial charge on any atom is -0.468 e. The fourth-order valence-electron chi connectivity index (χ4n) is 3.06. The molecule has 0 aliphatic heterocycles. The molecule has 3 aromatic rings. The fourth-order valence-corrected chi connectivity index (χ4v) is 3.06. The summed E-state index contributed by atoms with van der Waals surface area (Å²) in [5.74, 6) is 0.696. The third-order valence-electron chi connectivity index (χ3n) is 4.57. The molecule has 1 N–H and O–H groups in total. The predicted octanol–water partition coefficient (Wildman–Crippen LogP) is 1.57. The van der Waals surface area contributed by atoms with Crippen LogP contribution in [0.4, 0.5) is 0 Å². The van der Waals surface area contributed by atoms with E-state index in [2.05, 4.69) is 10.3 Å². The van der Waals surface area contributed by atoms with Crippen molar-refractivity contribution in [3.63, 3.8) is 0 Å². The molecule has 9 nitrogen and oxygen atoms in total. The number of nitrogens with one attached hydrogen (secondary N) is 1.